The van der Waals surface area contributed by atoms with Gasteiger partial charge in [0.25, 0.3) is 0 Å². The maximum atomic E-state index is 12.2. The lowest BCUT2D eigenvalue weighted by Gasteiger charge is -2.09. The Morgan fingerprint density at radius 2 is 1.82 bits per heavy atom. The molecule has 0 aliphatic heterocycles. The molecule has 0 fully saturated rings. The molecule has 0 aliphatic rings. The molecule has 0 heterocycles. The predicted molar refractivity (Wildman–Crippen MR) is 55.6 cm³/mol. The van der Waals surface area contributed by atoms with Gasteiger partial charge < -0.3 is 15.7 Å². The highest BCUT2D eigenvalue weighted by Crippen LogP contribution is 2.29. The first-order valence-corrected chi connectivity index (χ1v) is 4.76. The van der Waals surface area contributed by atoms with E-state index in [0.29, 0.717) is 0 Å². The largest absolute Gasteiger partial charge is 0.416 e. The zero-order chi connectivity index (χ0) is 12.9. The number of alkyl halides is 3. The molecule has 0 saturated heterocycles. The van der Waals surface area contributed by atoms with Crippen molar-refractivity contribution in [1.82, 2.24) is 5.32 Å². The van der Waals surface area contributed by atoms with E-state index in [1.54, 1.807) is 0 Å². The van der Waals surface area contributed by atoms with Gasteiger partial charge in [-0.1, -0.05) is 0 Å². The second-order valence-corrected chi connectivity index (χ2v) is 3.18. The summed E-state index contributed by atoms with van der Waals surface area (Å²) in [5.41, 5.74) is -0.535. The minimum atomic E-state index is -4.39. The summed E-state index contributed by atoms with van der Waals surface area (Å²) in [7, 11) is 0. The first-order chi connectivity index (χ1) is 7.93. The molecular formula is C10H11F3N2O2. The molecule has 17 heavy (non-hydrogen) atoms. The van der Waals surface area contributed by atoms with E-state index >= 15 is 0 Å². The van der Waals surface area contributed by atoms with E-state index in [2.05, 4.69) is 10.6 Å². The van der Waals surface area contributed by atoms with Crippen LogP contribution in [0.2, 0.25) is 0 Å². The Morgan fingerprint density at radius 1 is 1.24 bits per heavy atom. The molecule has 94 valence electrons. The van der Waals surface area contributed by atoms with Gasteiger partial charge in [0, 0.05) is 12.2 Å². The molecule has 0 bridgehead atoms. The zero-order valence-corrected chi connectivity index (χ0v) is 8.71. The summed E-state index contributed by atoms with van der Waals surface area (Å²) >= 11 is 0. The Labute approximate surface area is 95.4 Å². The van der Waals surface area contributed by atoms with Gasteiger partial charge >= 0.3 is 12.2 Å². The molecule has 0 spiro atoms. The molecule has 0 atom stereocenters. The lowest BCUT2D eigenvalue weighted by molar-refractivity contribution is -0.137. The smallest absolute Gasteiger partial charge is 0.395 e. The molecule has 0 saturated carbocycles. The van der Waals surface area contributed by atoms with E-state index in [1.807, 2.05) is 0 Å². The highest BCUT2D eigenvalue weighted by atomic mass is 19.4. The number of urea groups is 1. The minimum absolute atomic E-state index is 0.0759. The first kappa shape index (κ1) is 13.3. The van der Waals surface area contributed by atoms with E-state index in [1.165, 1.54) is 0 Å². The average molecular weight is 248 g/mol. The van der Waals surface area contributed by atoms with E-state index in [4.69, 9.17) is 5.11 Å². The lowest BCUT2D eigenvalue weighted by Crippen LogP contribution is -2.30. The van der Waals surface area contributed by atoms with E-state index < -0.39 is 17.8 Å². The molecular weight excluding hydrogens is 237 g/mol. The number of benzene rings is 1. The van der Waals surface area contributed by atoms with Crippen LogP contribution >= 0.6 is 0 Å². The Kier molecular flexibility index (Phi) is 4.33. The number of aliphatic hydroxyl groups excluding tert-OH is 1. The molecule has 7 heteroatoms. The maximum Gasteiger partial charge on any atom is 0.416 e. The SMILES string of the molecule is O=C(NCCO)Nc1ccc(C(F)(F)F)cc1. The van der Waals surface area contributed by atoms with E-state index in [-0.39, 0.29) is 18.8 Å². The quantitative estimate of drug-likeness (QED) is 0.764. The van der Waals surface area contributed by atoms with Crippen LogP contribution in [0, 0.1) is 0 Å². The molecule has 4 nitrogen and oxygen atoms in total. The first-order valence-electron chi connectivity index (χ1n) is 4.76. The number of rotatable bonds is 3. The molecule has 3 N–H and O–H groups in total. The number of halogens is 3. The number of carbonyl (C=O) groups excluding carboxylic acids is 1. The van der Waals surface area contributed by atoms with Gasteiger partial charge in [-0.3, -0.25) is 0 Å². The van der Waals surface area contributed by atoms with Gasteiger partial charge in [-0.25, -0.2) is 4.79 Å². The second kappa shape index (κ2) is 5.53. The van der Waals surface area contributed by atoms with Crippen molar-refractivity contribution < 1.29 is 23.1 Å². The standard InChI is InChI=1S/C10H11F3N2O2/c11-10(12,13)7-1-3-8(4-2-7)15-9(17)14-5-6-16/h1-4,16H,5-6H2,(H2,14,15,17). The minimum Gasteiger partial charge on any atom is -0.395 e. The number of amides is 2. The highest BCUT2D eigenvalue weighted by Gasteiger charge is 2.29. The number of carbonyl (C=O) groups is 1. The molecule has 0 aromatic heterocycles. The van der Waals surface area contributed by atoms with Gasteiger partial charge in [0.05, 0.1) is 12.2 Å². The van der Waals surface area contributed by atoms with Crippen molar-refractivity contribution in [3.8, 4) is 0 Å². The topological polar surface area (TPSA) is 61.4 Å². The van der Waals surface area contributed by atoms with Gasteiger partial charge in [0.15, 0.2) is 0 Å². The number of nitrogens with one attached hydrogen (secondary N) is 2. The van der Waals surface area contributed by atoms with Crippen LogP contribution in [0.4, 0.5) is 23.7 Å². The van der Waals surface area contributed by atoms with Gasteiger partial charge in [-0.15, -0.1) is 0 Å². The molecule has 1 aromatic carbocycles. The molecule has 0 unspecified atom stereocenters. The summed E-state index contributed by atoms with van der Waals surface area (Å²) in [5, 5.41) is 13.1. The third-order valence-electron chi connectivity index (χ3n) is 1.87. The maximum absolute atomic E-state index is 12.2. The second-order valence-electron chi connectivity index (χ2n) is 3.18. The van der Waals surface area contributed by atoms with Crippen molar-refractivity contribution in [3.63, 3.8) is 0 Å². The zero-order valence-electron chi connectivity index (χ0n) is 8.71. The van der Waals surface area contributed by atoms with E-state index in [9.17, 15) is 18.0 Å². The van der Waals surface area contributed by atoms with Gasteiger partial charge in [-0.05, 0) is 24.3 Å². The summed E-state index contributed by atoms with van der Waals surface area (Å²) in [6.07, 6.45) is -4.39. The Bertz CT molecular complexity index is 376. The van der Waals surface area contributed by atoms with Crippen molar-refractivity contribution in [2.24, 2.45) is 0 Å². The molecule has 0 radical (unpaired) electrons. The average Bonchev–Trinajstić information content (AvgIpc) is 2.26. The number of anilines is 1. The lowest BCUT2D eigenvalue weighted by atomic mass is 10.2. The van der Waals surface area contributed by atoms with Crippen molar-refractivity contribution in [3.05, 3.63) is 29.8 Å². The van der Waals surface area contributed by atoms with Crippen molar-refractivity contribution >= 4 is 11.7 Å². The third-order valence-corrected chi connectivity index (χ3v) is 1.87. The van der Waals surface area contributed by atoms with Crippen LogP contribution in [-0.2, 0) is 6.18 Å². The van der Waals surface area contributed by atoms with Crippen LogP contribution in [0.15, 0.2) is 24.3 Å². The Balaban J connectivity index is 2.60. The fourth-order valence-electron chi connectivity index (χ4n) is 1.09. The Hall–Kier alpha value is -1.76. The van der Waals surface area contributed by atoms with Crippen molar-refractivity contribution in [2.75, 3.05) is 18.5 Å². The molecule has 0 aliphatic carbocycles. The monoisotopic (exact) mass is 248 g/mol. The van der Waals surface area contributed by atoms with Crippen LogP contribution < -0.4 is 10.6 Å². The van der Waals surface area contributed by atoms with Gasteiger partial charge in [-0.2, -0.15) is 13.2 Å². The fourth-order valence-corrected chi connectivity index (χ4v) is 1.09. The van der Waals surface area contributed by atoms with Crippen LogP contribution in [0.3, 0.4) is 0 Å². The number of hydrogen-bond donors (Lipinski definition) is 3. The molecule has 2 amide bonds. The number of hydrogen-bond acceptors (Lipinski definition) is 2. The van der Waals surface area contributed by atoms with Gasteiger partial charge in [0.1, 0.15) is 0 Å². The van der Waals surface area contributed by atoms with Gasteiger partial charge in [0.2, 0.25) is 0 Å². The van der Waals surface area contributed by atoms with Crippen LogP contribution in [0.5, 0.6) is 0 Å². The summed E-state index contributed by atoms with van der Waals surface area (Å²) < 4.78 is 36.7. The van der Waals surface area contributed by atoms with Crippen molar-refractivity contribution in [1.29, 1.82) is 0 Å². The Morgan fingerprint density at radius 3 is 2.29 bits per heavy atom. The molecule has 1 aromatic rings. The van der Waals surface area contributed by atoms with Crippen molar-refractivity contribution in [2.45, 2.75) is 6.18 Å². The predicted octanol–water partition coefficient (Wildman–Crippen LogP) is 1.82. The van der Waals surface area contributed by atoms with Crippen LogP contribution in [0.1, 0.15) is 5.56 Å². The third kappa shape index (κ3) is 4.31. The molecule has 1 rings (SSSR count). The summed E-state index contributed by atoms with van der Waals surface area (Å²) in [4.78, 5) is 11.1. The van der Waals surface area contributed by atoms with Crippen LogP contribution in [0.25, 0.3) is 0 Å². The fraction of sp³-hybridized carbons (Fsp3) is 0.300. The van der Waals surface area contributed by atoms with E-state index in [0.717, 1.165) is 24.3 Å². The highest BCUT2D eigenvalue weighted by molar-refractivity contribution is 5.89. The summed E-state index contributed by atoms with van der Waals surface area (Å²) in [5.74, 6) is 0. The normalized spacial score (nSPS) is 11.1. The summed E-state index contributed by atoms with van der Waals surface area (Å²) in [6.45, 7) is -0.132. The van der Waals surface area contributed by atoms with Crippen LogP contribution in [-0.4, -0.2) is 24.3 Å². The number of aliphatic hydroxyl groups is 1. The summed E-state index contributed by atoms with van der Waals surface area (Å²) in [6, 6.07) is 3.48.